The lowest BCUT2D eigenvalue weighted by atomic mass is 9.36. The Morgan fingerprint density at radius 3 is 2.32 bits per heavy atom. The molecule has 2 aliphatic heterocycles. The van der Waals surface area contributed by atoms with Crippen molar-refractivity contribution in [3.63, 3.8) is 0 Å². The molecule has 0 amide bonds. The molecule has 6 rings (SSSR count). The fourth-order valence-electron chi connectivity index (χ4n) is 10.9. The third kappa shape index (κ3) is 3.29. The van der Waals surface area contributed by atoms with Crippen LogP contribution in [0.1, 0.15) is 73.6 Å². The molecule has 6 aliphatic rings. The predicted octanol–water partition coefficient (Wildman–Crippen LogP) is 3.38. The summed E-state index contributed by atoms with van der Waals surface area (Å²) < 4.78 is 24.0. The summed E-state index contributed by atoms with van der Waals surface area (Å²) in [6.07, 6.45) is 3.40. The van der Waals surface area contributed by atoms with Crippen molar-refractivity contribution in [1.82, 2.24) is 0 Å². The van der Waals surface area contributed by atoms with Crippen LogP contribution in [0.15, 0.2) is 11.6 Å². The molecule has 8 nitrogen and oxygen atoms in total. The van der Waals surface area contributed by atoms with Crippen LogP contribution in [0.5, 0.6) is 0 Å². The van der Waals surface area contributed by atoms with Gasteiger partial charge in [0, 0.05) is 48.9 Å². The number of fused-ring (bicyclic) bond motifs is 4. The highest BCUT2D eigenvalue weighted by atomic mass is 16.6. The molecule has 0 aromatic carbocycles. The highest BCUT2D eigenvalue weighted by Gasteiger charge is 2.77. The number of rotatable bonds is 3. The third-order valence-corrected chi connectivity index (χ3v) is 12.3. The minimum atomic E-state index is -0.739. The number of carbonyl (C=O) groups excluding carboxylic acids is 2. The van der Waals surface area contributed by atoms with Gasteiger partial charge in [-0.1, -0.05) is 39.3 Å². The van der Waals surface area contributed by atoms with Crippen molar-refractivity contribution < 1.29 is 38.7 Å². The third-order valence-electron chi connectivity index (χ3n) is 12.3. The molecule has 0 radical (unpaired) electrons. The van der Waals surface area contributed by atoms with Crippen molar-refractivity contribution in [2.75, 3.05) is 13.2 Å². The summed E-state index contributed by atoms with van der Waals surface area (Å²) in [6, 6.07) is 0. The van der Waals surface area contributed by atoms with E-state index in [0.29, 0.717) is 32.0 Å². The summed E-state index contributed by atoms with van der Waals surface area (Å²) >= 11 is 0. The largest absolute Gasteiger partial charge is 0.462 e. The number of allylic oxidation sites excluding steroid dienone is 1. The Kier molecular flexibility index (Phi) is 5.99. The fraction of sp³-hybridized carbons (Fsp3) is 0.867. The minimum Gasteiger partial charge on any atom is -0.462 e. The predicted molar refractivity (Wildman–Crippen MR) is 136 cm³/mol. The molecule has 5 fully saturated rings. The summed E-state index contributed by atoms with van der Waals surface area (Å²) in [5.41, 5.74) is -0.344. The number of esters is 2. The summed E-state index contributed by atoms with van der Waals surface area (Å²) in [7, 11) is 0. The van der Waals surface area contributed by atoms with Gasteiger partial charge in [0.2, 0.25) is 0 Å². The summed E-state index contributed by atoms with van der Waals surface area (Å²) in [6.45, 7) is 12.7. The molecule has 0 unspecified atom stereocenters. The lowest BCUT2D eigenvalue weighted by Gasteiger charge is -2.69. The van der Waals surface area contributed by atoms with Gasteiger partial charge in [0.05, 0.1) is 25.4 Å². The maximum absolute atomic E-state index is 12.4. The van der Waals surface area contributed by atoms with Crippen LogP contribution in [0.4, 0.5) is 0 Å². The second-order valence-corrected chi connectivity index (χ2v) is 14.0. The summed E-state index contributed by atoms with van der Waals surface area (Å²) in [5.74, 6) is -0.145. The number of aliphatic hydroxyl groups excluding tert-OH is 2. The van der Waals surface area contributed by atoms with Crippen LogP contribution >= 0.6 is 0 Å². The molecule has 13 atom stereocenters. The van der Waals surface area contributed by atoms with E-state index in [1.165, 1.54) is 19.4 Å². The van der Waals surface area contributed by atoms with Crippen molar-refractivity contribution in [3.8, 4) is 0 Å². The Labute approximate surface area is 225 Å². The second-order valence-electron chi connectivity index (χ2n) is 14.0. The van der Waals surface area contributed by atoms with Crippen LogP contribution in [0.2, 0.25) is 0 Å². The van der Waals surface area contributed by atoms with Crippen molar-refractivity contribution >= 4 is 11.9 Å². The molecule has 0 spiro atoms. The number of carbonyl (C=O) groups is 2. The van der Waals surface area contributed by atoms with Gasteiger partial charge in [-0.3, -0.25) is 9.59 Å². The number of ether oxygens (including phenoxy) is 4. The average molecular weight is 533 g/mol. The first-order chi connectivity index (χ1) is 17.8. The minimum absolute atomic E-state index is 0.0541. The molecule has 8 heteroatoms. The lowest BCUT2D eigenvalue weighted by Crippen LogP contribution is -2.73. The Morgan fingerprint density at radius 1 is 1.00 bits per heavy atom. The van der Waals surface area contributed by atoms with Crippen LogP contribution in [0.3, 0.4) is 0 Å². The molecule has 38 heavy (non-hydrogen) atoms. The Morgan fingerprint density at radius 2 is 1.68 bits per heavy atom. The van der Waals surface area contributed by atoms with Gasteiger partial charge in [0.15, 0.2) is 6.29 Å². The van der Waals surface area contributed by atoms with Crippen molar-refractivity contribution in [2.24, 2.45) is 45.3 Å². The van der Waals surface area contributed by atoms with Gasteiger partial charge in [-0.25, -0.2) is 0 Å². The highest BCUT2D eigenvalue weighted by Crippen LogP contribution is 2.75. The number of aliphatic hydroxyl groups is 2. The van der Waals surface area contributed by atoms with Gasteiger partial charge in [-0.15, -0.1) is 0 Å². The van der Waals surface area contributed by atoms with E-state index in [0.717, 1.165) is 19.3 Å². The molecule has 2 heterocycles. The van der Waals surface area contributed by atoms with Gasteiger partial charge >= 0.3 is 11.9 Å². The maximum Gasteiger partial charge on any atom is 0.302 e. The maximum atomic E-state index is 12.4. The van der Waals surface area contributed by atoms with Crippen LogP contribution in [-0.2, 0) is 28.5 Å². The van der Waals surface area contributed by atoms with E-state index in [1.807, 2.05) is 0 Å². The SMILES string of the molecule is CC(=O)O[C@H]1C[C@@H](OC(C)=O)[C@@]2(C)CO[C@H]3[C@@H](O)[C@@]4(C)C5=CC[C@@H]([C@H]6CO[C@H](O)C6)[C@@]5(C)CC[C@@H]4[C@]1(C)[C@@H]32. The van der Waals surface area contributed by atoms with Crippen LogP contribution in [0.25, 0.3) is 0 Å². The van der Waals surface area contributed by atoms with E-state index in [2.05, 4.69) is 33.8 Å². The van der Waals surface area contributed by atoms with Crippen molar-refractivity contribution in [3.05, 3.63) is 11.6 Å². The molecular formula is C30H44O8. The fourth-order valence-corrected chi connectivity index (χ4v) is 10.9. The van der Waals surface area contributed by atoms with E-state index in [1.54, 1.807) is 0 Å². The molecule has 3 saturated carbocycles. The zero-order chi connectivity index (χ0) is 27.4. The number of hydrogen-bond acceptors (Lipinski definition) is 8. The lowest BCUT2D eigenvalue weighted by molar-refractivity contribution is -0.263. The summed E-state index contributed by atoms with van der Waals surface area (Å²) in [5, 5.41) is 22.4. The monoisotopic (exact) mass is 532 g/mol. The standard InChI is InChI=1S/C30H44O8/c1-15(31)37-21-12-22(38-16(2)32)30(6)20-9-10-27(3)18(17-11-23(33)35-13-17)7-8-19(27)29(20,5)26(34)24-25(30)28(21,4)14-36-24/h8,17-18,20-26,33-34H,7,9-14H2,1-6H3/t17-,18+,20+,21-,22+,23+,24-,25+,26-,27-,28-,29+,30+/m1/s1. The van der Waals surface area contributed by atoms with E-state index >= 15 is 0 Å². The first kappa shape index (κ1) is 26.7. The Balaban J connectivity index is 1.44. The molecule has 2 N–H and O–H groups in total. The van der Waals surface area contributed by atoms with E-state index in [9.17, 15) is 19.8 Å². The molecule has 0 bridgehead atoms. The first-order valence-corrected chi connectivity index (χ1v) is 14.4. The first-order valence-electron chi connectivity index (χ1n) is 14.4. The van der Waals surface area contributed by atoms with Crippen LogP contribution in [0, 0.1) is 45.3 Å². The normalized spacial score (nSPS) is 54.9. The van der Waals surface area contributed by atoms with Gasteiger partial charge in [-0.2, -0.15) is 0 Å². The zero-order valence-corrected chi connectivity index (χ0v) is 23.6. The van der Waals surface area contributed by atoms with Crippen LogP contribution in [-0.4, -0.2) is 66.1 Å². The van der Waals surface area contributed by atoms with Gasteiger partial charge in [-0.05, 0) is 42.4 Å². The Hall–Kier alpha value is -1.48. The Bertz CT molecular complexity index is 1060. The van der Waals surface area contributed by atoms with Gasteiger partial charge in [0.25, 0.3) is 0 Å². The molecule has 2 saturated heterocycles. The molecule has 4 aliphatic carbocycles. The number of hydrogen-bond donors (Lipinski definition) is 2. The van der Waals surface area contributed by atoms with E-state index < -0.39 is 47.0 Å². The van der Waals surface area contributed by atoms with E-state index in [4.69, 9.17) is 18.9 Å². The second kappa shape index (κ2) is 8.51. The molecule has 0 aromatic rings. The zero-order valence-electron chi connectivity index (χ0n) is 23.6. The quantitative estimate of drug-likeness (QED) is 0.420. The van der Waals surface area contributed by atoms with Crippen LogP contribution < -0.4 is 0 Å². The van der Waals surface area contributed by atoms with Gasteiger partial charge in [0.1, 0.15) is 12.2 Å². The molecular weight excluding hydrogens is 488 g/mol. The average Bonchev–Trinajstić information content (AvgIpc) is 3.51. The van der Waals surface area contributed by atoms with Crippen molar-refractivity contribution in [2.45, 2.75) is 104 Å². The molecule has 212 valence electrons. The highest BCUT2D eigenvalue weighted by molar-refractivity contribution is 5.67. The summed E-state index contributed by atoms with van der Waals surface area (Å²) in [4.78, 5) is 24.5. The van der Waals surface area contributed by atoms with Gasteiger partial charge < -0.3 is 29.2 Å². The topological polar surface area (TPSA) is 112 Å². The van der Waals surface area contributed by atoms with Crippen molar-refractivity contribution in [1.29, 1.82) is 0 Å². The smallest absolute Gasteiger partial charge is 0.302 e. The van der Waals surface area contributed by atoms with E-state index in [-0.39, 0.29) is 35.1 Å². The molecule has 0 aromatic heterocycles.